The third-order valence-corrected chi connectivity index (χ3v) is 5.21. The molecule has 1 saturated heterocycles. The molecule has 2 aliphatic heterocycles. The molecule has 2 N–H and O–H groups in total. The predicted molar refractivity (Wildman–Crippen MR) is 87.2 cm³/mol. The fourth-order valence-electron chi connectivity index (χ4n) is 2.61. The Morgan fingerprint density at radius 3 is 2.88 bits per heavy atom. The van der Waals surface area contributed by atoms with Crippen LogP contribution in [0.25, 0.3) is 0 Å². The number of rotatable bonds is 4. The summed E-state index contributed by atoms with van der Waals surface area (Å²) in [7, 11) is 0. The topological polar surface area (TPSA) is 76.7 Å². The number of carbonyl (C=O) groups is 2. The van der Waals surface area contributed by atoms with Crippen LogP contribution in [0.1, 0.15) is 31.2 Å². The van der Waals surface area contributed by atoms with E-state index in [0.29, 0.717) is 17.9 Å². The molecule has 26 heavy (non-hydrogen) atoms. The number of carbonyl (C=O) groups excluding carboxylic acids is 2. The maximum atomic E-state index is 12.7. The fraction of sp³-hybridized carbons (Fsp3) is 0.500. The number of hydroxylamine groups is 1. The number of fused-ring (bicyclic) bond motifs is 1. The zero-order valence-electron chi connectivity index (χ0n) is 13.6. The third kappa shape index (κ3) is 4.68. The number of ether oxygens (including phenoxy) is 1. The van der Waals surface area contributed by atoms with Crippen LogP contribution in [0.15, 0.2) is 23.1 Å². The first kappa shape index (κ1) is 19.0. The lowest BCUT2D eigenvalue weighted by atomic mass is 10.1. The molecule has 0 aliphatic carbocycles. The van der Waals surface area contributed by atoms with Gasteiger partial charge in [0.1, 0.15) is 0 Å². The van der Waals surface area contributed by atoms with Crippen molar-refractivity contribution >= 4 is 29.3 Å². The van der Waals surface area contributed by atoms with E-state index in [1.165, 1.54) is 6.07 Å². The van der Waals surface area contributed by atoms with Crippen LogP contribution in [0.3, 0.4) is 0 Å². The molecule has 0 bridgehead atoms. The summed E-state index contributed by atoms with van der Waals surface area (Å²) in [5.41, 5.74) is 1.52. The smallest absolute Gasteiger partial charge is 0.350 e. The summed E-state index contributed by atoms with van der Waals surface area (Å²) >= 11 is 1.05. The number of hydrogen-bond donors (Lipinski definition) is 2. The molecule has 0 saturated carbocycles. The predicted octanol–water partition coefficient (Wildman–Crippen LogP) is 3.08. The molecule has 0 radical (unpaired) electrons. The standard InChI is InChI=1S/C16H17F3N2O4S/c17-16(18,19)9-4-5-11-10(7-9)20-15(23)12(26-11)8-13(22)21-25-14-3-1-2-6-24-14/h4-5,7,12,14H,1-3,6,8H2,(H,20,23)(H,21,22)/t12-,14+/m0/s1. The van der Waals surface area contributed by atoms with Gasteiger partial charge in [0, 0.05) is 24.3 Å². The number of anilines is 1. The fourth-order valence-corrected chi connectivity index (χ4v) is 3.70. The first-order chi connectivity index (χ1) is 12.3. The number of hydrogen-bond acceptors (Lipinski definition) is 5. The summed E-state index contributed by atoms with van der Waals surface area (Å²) < 4.78 is 43.5. The molecule has 1 fully saturated rings. The Morgan fingerprint density at radius 2 is 2.19 bits per heavy atom. The van der Waals surface area contributed by atoms with Gasteiger partial charge in [0.05, 0.1) is 16.5 Å². The molecule has 6 nitrogen and oxygen atoms in total. The summed E-state index contributed by atoms with van der Waals surface area (Å²) in [6.07, 6.45) is -2.58. The maximum Gasteiger partial charge on any atom is 0.416 e. The zero-order chi connectivity index (χ0) is 18.7. The molecule has 2 heterocycles. The highest BCUT2D eigenvalue weighted by atomic mass is 32.2. The monoisotopic (exact) mass is 390 g/mol. The normalized spacial score (nSPS) is 23.1. The summed E-state index contributed by atoms with van der Waals surface area (Å²) in [6.45, 7) is 0.568. The quantitative estimate of drug-likeness (QED) is 0.773. The molecule has 2 aliphatic rings. The molecule has 2 atom stereocenters. The molecule has 0 unspecified atom stereocenters. The Morgan fingerprint density at radius 1 is 1.38 bits per heavy atom. The van der Waals surface area contributed by atoms with Gasteiger partial charge in [-0.1, -0.05) is 0 Å². The van der Waals surface area contributed by atoms with Crippen molar-refractivity contribution in [1.82, 2.24) is 5.48 Å². The van der Waals surface area contributed by atoms with Gasteiger partial charge in [-0.2, -0.15) is 13.2 Å². The van der Waals surface area contributed by atoms with Crippen molar-refractivity contribution in [1.29, 1.82) is 0 Å². The van der Waals surface area contributed by atoms with Crippen LogP contribution in [0.4, 0.5) is 18.9 Å². The molecule has 2 amide bonds. The molecule has 1 aromatic rings. The molecule has 0 aromatic heterocycles. The van der Waals surface area contributed by atoms with Crippen LogP contribution < -0.4 is 10.8 Å². The second kappa shape index (κ2) is 7.85. The van der Waals surface area contributed by atoms with Crippen molar-refractivity contribution in [2.75, 3.05) is 11.9 Å². The van der Waals surface area contributed by atoms with Crippen LogP contribution >= 0.6 is 11.8 Å². The van der Waals surface area contributed by atoms with Crippen LogP contribution in [-0.2, 0) is 25.3 Å². The molecule has 10 heteroatoms. The average Bonchev–Trinajstić information content (AvgIpc) is 2.60. The van der Waals surface area contributed by atoms with Crippen LogP contribution in [-0.4, -0.2) is 30.0 Å². The van der Waals surface area contributed by atoms with Crippen molar-refractivity contribution in [2.24, 2.45) is 0 Å². The number of thioether (sulfide) groups is 1. The second-order valence-corrected chi connectivity index (χ2v) is 7.19. The minimum absolute atomic E-state index is 0.0957. The van der Waals surface area contributed by atoms with Crippen LogP contribution in [0, 0.1) is 0 Å². The first-order valence-electron chi connectivity index (χ1n) is 8.08. The highest BCUT2D eigenvalue weighted by Crippen LogP contribution is 2.40. The Kier molecular flexibility index (Phi) is 5.73. The SMILES string of the molecule is O=C(C[C@@H]1Sc2ccc(C(F)(F)F)cc2NC1=O)NO[C@@H]1CCCCO1. The van der Waals surface area contributed by atoms with Crippen LogP contribution in [0.2, 0.25) is 0 Å². The molecule has 142 valence electrons. The number of nitrogens with one attached hydrogen (secondary N) is 2. The van der Waals surface area contributed by atoms with E-state index in [1.54, 1.807) is 0 Å². The molecule has 3 rings (SSSR count). The van der Waals surface area contributed by atoms with E-state index >= 15 is 0 Å². The van der Waals surface area contributed by atoms with Gasteiger partial charge in [-0.05, 0) is 31.0 Å². The maximum absolute atomic E-state index is 12.7. The van der Waals surface area contributed by atoms with E-state index in [0.717, 1.165) is 36.7 Å². The minimum Gasteiger partial charge on any atom is -0.350 e. The van der Waals surface area contributed by atoms with Crippen molar-refractivity contribution in [3.05, 3.63) is 23.8 Å². The van der Waals surface area contributed by atoms with Crippen molar-refractivity contribution in [2.45, 2.75) is 48.3 Å². The van der Waals surface area contributed by atoms with Crippen LogP contribution in [0.5, 0.6) is 0 Å². The average molecular weight is 390 g/mol. The molecular weight excluding hydrogens is 373 g/mol. The second-order valence-electron chi connectivity index (χ2n) is 5.95. The molecular formula is C16H17F3N2O4S. The molecule has 1 aromatic carbocycles. The van der Waals surface area contributed by atoms with E-state index in [1.807, 2.05) is 0 Å². The van der Waals surface area contributed by atoms with E-state index in [9.17, 15) is 22.8 Å². The Labute approximate surface area is 151 Å². The van der Waals surface area contributed by atoms with Gasteiger partial charge < -0.3 is 10.1 Å². The summed E-state index contributed by atoms with van der Waals surface area (Å²) in [6, 6.07) is 3.13. The summed E-state index contributed by atoms with van der Waals surface area (Å²) in [5.74, 6) is -1.02. The van der Waals surface area contributed by atoms with Crippen molar-refractivity contribution in [3.63, 3.8) is 0 Å². The van der Waals surface area contributed by atoms with E-state index < -0.39 is 35.1 Å². The highest BCUT2D eigenvalue weighted by Gasteiger charge is 2.34. The van der Waals surface area contributed by atoms with Gasteiger partial charge in [-0.15, -0.1) is 11.8 Å². The first-order valence-corrected chi connectivity index (χ1v) is 8.96. The van der Waals surface area contributed by atoms with Crippen molar-refractivity contribution < 1.29 is 32.3 Å². The van der Waals surface area contributed by atoms with Crippen molar-refractivity contribution in [3.8, 4) is 0 Å². The zero-order valence-corrected chi connectivity index (χ0v) is 14.4. The lowest BCUT2D eigenvalue weighted by Gasteiger charge is -2.25. The van der Waals surface area contributed by atoms with Gasteiger partial charge in [-0.3, -0.25) is 9.59 Å². The lowest BCUT2D eigenvalue weighted by Crippen LogP contribution is -2.37. The largest absolute Gasteiger partial charge is 0.416 e. The van der Waals surface area contributed by atoms with E-state index in [4.69, 9.17) is 9.57 Å². The Balaban J connectivity index is 1.57. The Bertz CT molecular complexity index is 693. The van der Waals surface area contributed by atoms with Gasteiger partial charge in [0.15, 0.2) is 6.29 Å². The Hall–Kier alpha value is -1.78. The highest BCUT2D eigenvalue weighted by molar-refractivity contribution is 8.01. The third-order valence-electron chi connectivity index (χ3n) is 3.94. The summed E-state index contributed by atoms with van der Waals surface area (Å²) in [4.78, 5) is 29.7. The lowest BCUT2D eigenvalue weighted by molar-refractivity contribution is -0.200. The summed E-state index contributed by atoms with van der Waals surface area (Å²) in [5, 5.41) is 1.67. The van der Waals surface area contributed by atoms with E-state index in [-0.39, 0.29) is 12.1 Å². The minimum atomic E-state index is -4.49. The molecule has 0 spiro atoms. The van der Waals surface area contributed by atoms with Gasteiger partial charge >= 0.3 is 6.18 Å². The van der Waals surface area contributed by atoms with Gasteiger partial charge in [0.25, 0.3) is 0 Å². The number of amides is 2. The van der Waals surface area contributed by atoms with Gasteiger partial charge in [0.2, 0.25) is 11.8 Å². The number of alkyl halides is 3. The number of halogens is 3. The van der Waals surface area contributed by atoms with E-state index in [2.05, 4.69) is 10.8 Å². The number of benzene rings is 1. The van der Waals surface area contributed by atoms with Gasteiger partial charge in [-0.25, -0.2) is 10.3 Å².